The Bertz CT molecular complexity index is 401. The summed E-state index contributed by atoms with van der Waals surface area (Å²) in [5, 5.41) is 10.1. The normalized spacial score (nSPS) is 27.3. The Kier molecular flexibility index (Phi) is 2.68. The predicted octanol–water partition coefficient (Wildman–Crippen LogP) is 1.74. The summed E-state index contributed by atoms with van der Waals surface area (Å²) in [6, 6.07) is 5.66. The molecule has 0 saturated heterocycles. The highest BCUT2D eigenvalue weighted by atomic mass is 16.5. The van der Waals surface area contributed by atoms with E-state index in [0.29, 0.717) is 0 Å². The van der Waals surface area contributed by atoms with Crippen LogP contribution in [0.4, 0.5) is 0 Å². The maximum Gasteiger partial charge on any atom is 0.119 e. The number of benzene rings is 1. The maximum atomic E-state index is 10.1. The number of methoxy groups -OCH3 is 1. The van der Waals surface area contributed by atoms with Crippen LogP contribution in [0.3, 0.4) is 0 Å². The zero-order valence-electron chi connectivity index (χ0n) is 10.0. The van der Waals surface area contributed by atoms with E-state index >= 15 is 0 Å². The van der Waals surface area contributed by atoms with Crippen LogP contribution in [0.5, 0.6) is 5.75 Å². The molecule has 0 bridgehead atoms. The van der Waals surface area contributed by atoms with E-state index in [-0.39, 0.29) is 11.5 Å². The van der Waals surface area contributed by atoms with Gasteiger partial charge in [-0.1, -0.05) is 19.9 Å². The van der Waals surface area contributed by atoms with Gasteiger partial charge in [-0.3, -0.25) is 0 Å². The monoisotopic (exact) mass is 221 g/mol. The van der Waals surface area contributed by atoms with E-state index in [0.717, 1.165) is 17.7 Å². The molecule has 0 saturated carbocycles. The number of aliphatic hydroxyl groups excluding tert-OH is 1. The number of rotatable bonds is 1. The number of aliphatic hydroxyl groups is 1. The molecule has 3 N–H and O–H groups in total. The Morgan fingerprint density at radius 1 is 1.44 bits per heavy atom. The Morgan fingerprint density at radius 2 is 2.12 bits per heavy atom. The van der Waals surface area contributed by atoms with Crippen molar-refractivity contribution in [1.82, 2.24) is 0 Å². The molecule has 2 rings (SSSR count). The largest absolute Gasteiger partial charge is 0.497 e. The average Bonchev–Trinajstić information content (AvgIpc) is 2.25. The molecule has 88 valence electrons. The van der Waals surface area contributed by atoms with Gasteiger partial charge in [-0.25, -0.2) is 0 Å². The fourth-order valence-electron chi connectivity index (χ4n) is 2.57. The fourth-order valence-corrected chi connectivity index (χ4v) is 2.57. The van der Waals surface area contributed by atoms with Crippen molar-refractivity contribution in [2.75, 3.05) is 7.11 Å². The lowest BCUT2D eigenvalue weighted by atomic mass is 9.70. The van der Waals surface area contributed by atoms with Crippen molar-refractivity contribution in [1.29, 1.82) is 0 Å². The zero-order chi connectivity index (χ0) is 11.9. The van der Waals surface area contributed by atoms with Gasteiger partial charge in [0.15, 0.2) is 0 Å². The molecule has 1 aromatic rings. The highest BCUT2D eigenvalue weighted by molar-refractivity contribution is 5.43. The molecule has 16 heavy (non-hydrogen) atoms. The summed E-state index contributed by atoms with van der Waals surface area (Å²) in [6.45, 7) is 4.31. The zero-order valence-corrected chi connectivity index (χ0v) is 10.0. The van der Waals surface area contributed by atoms with Crippen LogP contribution in [0.2, 0.25) is 0 Å². The first kappa shape index (κ1) is 11.4. The van der Waals surface area contributed by atoms with E-state index in [2.05, 4.69) is 13.8 Å². The van der Waals surface area contributed by atoms with Crippen LogP contribution < -0.4 is 10.5 Å². The van der Waals surface area contributed by atoms with E-state index in [9.17, 15) is 5.11 Å². The molecule has 3 nitrogen and oxygen atoms in total. The average molecular weight is 221 g/mol. The Morgan fingerprint density at radius 3 is 2.75 bits per heavy atom. The molecule has 0 amide bonds. The predicted molar refractivity (Wildman–Crippen MR) is 63.6 cm³/mol. The topological polar surface area (TPSA) is 55.5 Å². The number of hydrogen-bond donors (Lipinski definition) is 2. The standard InChI is InChI=1S/C13H19NO2/c1-13(2)7-11(14)12(15)9-6-8(16-3)4-5-10(9)13/h4-6,11-12,15H,7,14H2,1-3H3. The van der Waals surface area contributed by atoms with Crippen LogP contribution >= 0.6 is 0 Å². The molecule has 3 heteroatoms. The van der Waals surface area contributed by atoms with Gasteiger partial charge in [-0.2, -0.15) is 0 Å². The molecule has 0 spiro atoms. The van der Waals surface area contributed by atoms with Crippen molar-refractivity contribution in [2.45, 2.75) is 37.8 Å². The highest BCUT2D eigenvalue weighted by Gasteiger charge is 2.36. The van der Waals surface area contributed by atoms with Crippen molar-refractivity contribution >= 4 is 0 Å². The van der Waals surface area contributed by atoms with Crippen LogP contribution in [-0.4, -0.2) is 18.3 Å². The van der Waals surface area contributed by atoms with E-state index < -0.39 is 6.10 Å². The Hall–Kier alpha value is -1.06. The molecule has 1 aromatic carbocycles. The van der Waals surface area contributed by atoms with Gasteiger partial charge < -0.3 is 15.6 Å². The molecule has 0 heterocycles. The summed E-state index contributed by atoms with van der Waals surface area (Å²) in [4.78, 5) is 0. The van der Waals surface area contributed by atoms with Gasteiger partial charge in [0.2, 0.25) is 0 Å². The van der Waals surface area contributed by atoms with E-state index in [1.165, 1.54) is 5.56 Å². The van der Waals surface area contributed by atoms with E-state index in [4.69, 9.17) is 10.5 Å². The van der Waals surface area contributed by atoms with Gasteiger partial charge in [0.1, 0.15) is 5.75 Å². The quantitative estimate of drug-likeness (QED) is 0.759. The lowest BCUT2D eigenvalue weighted by molar-refractivity contribution is 0.115. The first-order chi connectivity index (χ1) is 7.45. The summed E-state index contributed by atoms with van der Waals surface area (Å²) in [6.07, 6.45) is 0.214. The fraction of sp³-hybridized carbons (Fsp3) is 0.538. The van der Waals surface area contributed by atoms with Crippen molar-refractivity contribution in [2.24, 2.45) is 5.73 Å². The van der Waals surface area contributed by atoms with Crippen LogP contribution in [0.25, 0.3) is 0 Å². The second-order valence-corrected chi connectivity index (χ2v) is 5.15. The first-order valence-electron chi connectivity index (χ1n) is 5.58. The minimum absolute atomic E-state index is 0.0141. The van der Waals surface area contributed by atoms with Gasteiger partial charge in [0, 0.05) is 6.04 Å². The number of fused-ring (bicyclic) bond motifs is 1. The minimum Gasteiger partial charge on any atom is -0.497 e. The van der Waals surface area contributed by atoms with Crippen LogP contribution in [-0.2, 0) is 5.41 Å². The van der Waals surface area contributed by atoms with Gasteiger partial charge in [-0.05, 0) is 35.1 Å². The van der Waals surface area contributed by atoms with Gasteiger partial charge in [-0.15, -0.1) is 0 Å². The summed E-state index contributed by atoms with van der Waals surface area (Å²) < 4.78 is 5.18. The molecular weight excluding hydrogens is 202 g/mol. The van der Waals surface area contributed by atoms with Crippen LogP contribution in [0, 0.1) is 0 Å². The van der Waals surface area contributed by atoms with Gasteiger partial charge in [0.25, 0.3) is 0 Å². The van der Waals surface area contributed by atoms with Crippen molar-refractivity contribution in [3.63, 3.8) is 0 Å². The van der Waals surface area contributed by atoms with E-state index in [1.54, 1.807) is 7.11 Å². The number of hydrogen-bond acceptors (Lipinski definition) is 3. The molecule has 0 fully saturated rings. The number of nitrogens with two attached hydrogens (primary N) is 1. The SMILES string of the molecule is COc1ccc2c(c1)C(O)C(N)CC2(C)C. The van der Waals surface area contributed by atoms with Crippen molar-refractivity contribution in [3.05, 3.63) is 29.3 Å². The first-order valence-corrected chi connectivity index (χ1v) is 5.58. The molecule has 0 radical (unpaired) electrons. The highest BCUT2D eigenvalue weighted by Crippen LogP contribution is 2.42. The third-order valence-corrected chi connectivity index (χ3v) is 3.46. The molecule has 1 aliphatic carbocycles. The Balaban J connectivity index is 2.55. The summed E-state index contributed by atoms with van der Waals surface area (Å²) in [5.41, 5.74) is 8.06. The summed E-state index contributed by atoms with van der Waals surface area (Å²) in [7, 11) is 1.63. The smallest absolute Gasteiger partial charge is 0.119 e. The van der Waals surface area contributed by atoms with Crippen molar-refractivity contribution < 1.29 is 9.84 Å². The molecule has 0 aromatic heterocycles. The third-order valence-electron chi connectivity index (χ3n) is 3.46. The number of ether oxygens (including phenoxy) is 1. The molecule has 0 aliphatic heterocycles. The van der Waals surface area contributed by atoms with Gasteiger partial charge in [0.05, 0.1) is 13.2 Å². The van der Waals surface area contributed by atoms with Crippen LogP contribution in [0.1, 0.15) is 37.5 Å². The second kappa shape index (κ2) is 3.75. The summed E-state index contributed by atoms with van der Waals surface area (Å²) >= 11 is 0. The minimum atomic E-state index is -0.585. The Labute approximate surface area is 96.2 Å². The molecule has 2 atom stereocenters. The van der Waals surface area contributed by atoms with Crippen LogP contribution in [0.15, 0.2) is 18.2 Å². The molecular formula is C13H19NO2. The van der Waals surface area contributed by atoms with E-state index in [1.807, 2.05) is 18.2 Å². The molecule has 2 unspecified atom stereocenters. The lowest BCUT2D eigenvalue weighted by Crippen LogP contribution is -2.41. The van der Waals surface area contributed by atoms with Crippen molar-refractivity contribution in [3.8, 4) is 5.75 Å². The second-order valence-electron chi connectivity index (χ2n) is 5.15. The molecule has 1 aliphatic rings. The maximum absolute atomic E-state index is 10.1. The lowest BCUT2D eigenvalue weighted by Gasteiger charge is -2.39. The van der Waals surface area contributed by atoms with Gasteiger partial charge >= 0.3 is 0 Å². The third kappa shape index (κ3) is 1.70. The summed E-state index contributed by atoms with van der Waals surface area (Å²) in [5.74, 6) is 0.766.